The SMILES string of the molecule is CN(NN)C(=N)N1CCC(NC(=O)c2cnc3cc(OC(F)F)ccc3c2)CC1.[HH]. The molecule has 1 aromatic carbocycles. The maximum Gasteiger partial charge on any atom is 0.387 e. The van der Waals surface area contributed by atoms with Crippen LogP contribution in [-0.2, 0) is 0 Å². The third-order valence-corrected chi connectivity index (χ3v) is 4.78. The number of alkyl halides is 2. The third-order valence-electron chi connectivity index (χ3n) is 4.78. The Bertz CT molecular complexity index is 894. The van der Waals surface area contributed by atoms with Crippen molar-refractivity contribution < 1.29 is 19.7 Å². The minimum Gasteiger partial charge on any atom is -0.435 e. The summed E-state index contributed by atoms with van der Waals surface area (Å²) in [6.07, 6.45) is 2.81. The first-order chi connectivity index (χ1) is 13.9. The molecule has 0 bridgehead atoms. The zero-order valence-corrected chi connectivity index (χ0v) is 15.9. The quantitative estimate of drug-likeness (QED) is 0.256. The minimum atomic E-state index is -2.90. The Morgan fingerprint density at radius 2 is 2.14 bits per heavy atom. The summed E-state index contributed by atoms with van der Waals surface area (Å²) >= 11 is 0. The smallest absolute Gasteiger partial charge is 0.387 e. The molecule has 0 saturated carbocycles. The van der Waals surface area contributed by atoms with Crippen molar-refractivity contribution in [3.05, 3.63) is 36.0 Å². The average Bonchev–Trinajstić information content (AvgIpc) is 2.72. The van der Waals surface area contributed by atoms with Gasteiger partial charge in [0.05, 0.1) is 11.1 Å². The van der Waals surface area contributed by atoms with Crippen molar-refractivity contribution in [2.75, 3.05) is 20.1 Å². The van der Waals surface area contributed by atoms with Gasteiger partial charge in [0.15, 0.2) is 0 Å². The lowest BCUT2D eigenvalue weighted by Gasteiger charge is -2.36. The number of pyridine rings is 1. The molecule has 0 atom stereocenters. The lowest BCUT2D eigenvalue weighted by Crippen LogP contribution is -2.54. The Labute approximate surface area is 167 Å². The topological polar surface area (TPSA) is 120 Å². The molecule has 3 rings (SSSR count). The summed E-state index contributed by atoms with van der Waals surface area (Å²) in [6, 6.07) is 6.05. The van der Waals surface area contributed by atoms with E-state index < -0.39 is 6.61 Å². The number of hydrazine groups is 2. The van der Waals surface area contributed by atoms with Crippen molar-refractivity contribution in [1.29, 1.82) is 5.41 Å². The number of aromatic nitrogens is 1. The van der Waals surface area contributed by atoms with Crippen LogP contribution in [-0.4, -0.2) is 59.6 Å². The Morgan fingerprint density at radius 3 is 2.79 bits per heavy atom. The standard InChI is InChI=1S/C18H23F2N7O2.H2/c1-26(25-22)18(21)27-6-4-13(5-7-27)24-16(28)12-8-11-2-3-14(29-17(19)20)9-15(11)23-10-12;/h2-3,8-10,13,17,21,25H,4-7,22H2,1H3,(H,24,28);1H. The normalized spacial score (nSPS) is 14.9. The molecule has 2 aromatic rings. The van der Waals surface area contributed by atoms with Crippen LogP contribution in [0, 0.1) is 5.41 Å². The van der Waals surface area contributed by atoms with Crippen molar-refractivity contribution in [2.24, 2.45) is 5.84 Å². The van der Waals surface area contributed by atoms with Crippen molar-refractivity contribution in [3.63, 3.8) is 0 Å². The van der Waals surface area contributed by atoms with E-state index in [4.69, 9.17) is 11.3 Å². The number of ether oxygens (including phenoxy) is 1. The molecule has 1 saturated heterocycles. The monoisotopic (exact) mass is 409 g/mol. The minimum absolute atomic E-state index is 0. The van der Waals surface area contributed by atoms with E-state index >= 15 is 0 Å². The largest absolute Gasteiger partial charge is 0.435 e. The second-order valence-corrected chi connectivity index (χ2v) is 6.70. The number of piperidine rings is 1. The van der Waals surface area contributed by atoms with Gasteiger partial charge in [-0.25, -0.2) is 0 Å². The third kappa shape index (κ3) is 5.06. The molecule has 0 unspecified atom stereocenters. The molecule has 1 aliphatic heterocycles. The van der Waals surface area contributed by atoms with Crippen LogP contribution in [0.1, 0.15) is 24.6 Å². The molecule has 1 aliphatic rings. The number of amides is 1. The first kappa shape index (κ1) is 20.7. The van der Waals surface area contributed by atoms with Crippen molar-refractivity contribution in [3.8, 4) is 5.75 Å². The molecule has 0 aliphatic carbocycles. The zero-order valence-electron chi connectivity index (χ0n) is 15.9. The fraction of sp³-hybridized carbons (Fsp3) is 0.389. The molecular formula is C18H25F2N7O2. The maximum atomic E-state index is 12.6. The van der Waals surface area contributed by atoms with E-state index in [0.29, 0.717) is 42.4 Å². The van der Waals surface area contributed by atoms with Gasteiger partial charge in [-0.1, -0.05) is 0 Å². The van der Waals surface area contributed by atoms with Crippen LogP contribution in [0.4, 0.5) is 8.78 Å². The number of halogens is 2. The average molecular weight is 409 g/mol. The van der Waals surface area contributed by atoms with Gasteiger partial charge < -0.3 is 15.0 Å². The molecule has 9 nitrogen and oxygen atoms in total. The van der Waals surface area contributed by atoms with Gasteiger partial charge in [0.1, 0.15) is 5.75 Å². The van der Waals surface area contributed by atoms with E-state index in [1.165, 1.54) is 23.3 Å². The van der Waals surface area contributed by atoms with Crippen LogP contribution in [0.3, 0.4) is 0 Å². The van der Waals surface area contributed by atoms with Crippen molar-refractivity contribution >= 4 is 22.8 Å². The Morgan fingerprint density at radius 1 is 1.41 bits per heavy atom. The fourth-order valence-corrected chi connectivity index (χ4v) is 3.18. The molecule has 11 heteroatoms. The fourth-order valence-electron chi connectivity index (χ4n) is 3.18. The lowest BCUT2D eigenvalue weighted by atomic mass is 10.0. The van der Waals surface area contributed by atoms with Gasteiger partial charge in [0.2, 0.25) is 5.96 Å². The predicted molar refractivity (Wildman–Crippen MR) is 105 cm³/mol. The van der Waals surface area contributed by atoms with Gasteiger partial charge in [-0.3, -0.25) is 26.0 Å². The number of hydrogen-bond acceptors (Lipinski definition) is 6. The van der Waals surface area contributed by atoms with Crippen molar-refractivity contribution in [1.82, 2.24) is 25.7 Å². The number of nitrogens with two attached hydrogens (primary N) is 1. The highest BCUT2D eigenvalue weighted by Gasteiger charge is 2.24. The zero-order chi connectivity index (χ0) is 21.0. The van der Waals surface area contributed by atoms with E-state index in [0.717, 1.165) is 0 Å². The Kier molecular flexibility index (Phi) is 6.39. The molecule has 1 fully saturated rings. The number of guanidine groups is 1. The summed E-state index contributed by atoms with van der Waals surface area (Å²) in [5, 5.41) is 13.1. The molecule has 158 valence electrons. The van der Waals surface area contributed by atoms with Crippen LogP contribution >= 0.6 is 0 Å². The molecule has 1 aromatic heterocycles. The summed E-state index contributed by atoms with van der Waals surface area (Å²) in [7, 11) is 1.66. The number of rotatable bonds is 5. The Balaban J connectivity index is 0.00000320. The van der Waals surface area contributed by atoms with Gasteiger partial charge in [0, 0.05) is 45.3 Å². The van der Waals surface area contributed by atoms with Gasteiger partial charge in [-0.05, 0) is 31.0 Å². The summed E-state index contributed by atoms with van der Waals surface area (Å²) in [5.41, 5.74) is 3.25. The summed E-state index contributed by atoms with van der Waals surface area (Å²) in [5.74, 6) is 5.35. The summed E-state index contributed by atoms with van der Waals surface area (Å²) < 4.78 is 29.0. The second-order valence-electron chi connectivity index (χ2n) is 6.70. The maximum absolute atomic E-state index is 12.6. The van der Waals surface area contributed by atoms with Gasteiger partial charge >= 0.3 is 6.61 Å². The number of carbonyl (C=O) groups is 1. The van der Waals surface area contributed by atoms with Crippen molar-refractivity contribution in [2.45, 2.75) is 25.5 Å². The molecule has 2 heterocycles. The van der Waals surface area contributed by atoms with Crippen LogP contribution < -0.4 is 21.4 Å². The van der Waals surface area contributed by atoms with E-state index in [1.807, 2.05) is 4.90 Å². The summed E-state index contributed by atoms with van der Waals surface area (Å²) in [6.45, 7) is -1.66. The first-order valence-electron chi connectivity index (χ1n) is 9.06. The van der Waals surface area contributed by atoms with Gasteiger partial charge in [-0.2, -0.15) is 14.3 Å². The van der Waals surface area contributed by atoms with E-state index in [-0.39, 0.29) is 25.1 Å². The van der Waals surface area contributed by atoms with Gasteiger partial charge in [0.25, 0.3) is 5.91 Å². The highest BCUT2D eigenvalue weighted by atomic mass is 19.3. The van der Waals surface area contributed by atoms with E-state index in [2.05, 4.69) is 20.6 Å². The number of nitrogens with one attached hydrogen (secondary N) is 3. The molecule has 29 heavy (non-hydrogen) atoms. The Hall–Kier alpha value is -3.05. The highest BCUT2D eigenvalue weighted by Crippen LogP contribution is 2.22. The first-order valence-corrected chi connectivity index (χ1v) is 9.06. The molecule has 0 spiro atoms. The molecule has 1 amide bonds. The van der Waals surface area contributed by atoms with Crippen LogP contribution in [0.15, 0.2) is 30.5 Å². The number of fused-ring (bicyclic) bond motifs is 1. The number of nitrogens with zero attached hydrogens (tertiary/aromatic N) is 3. The lowest BCUT2D eigenvalue weighted by molar-refractivity contribution is -0.0497. The van der Waals surface area contributed by atoms with E-state index in [1.54, 1.807) is 19.2 Å². The summed E-state index contributed by atoms with van der Waals surface area (Å²) in [4.78, 5) is 18.6. The number of benzene rings is 1. The molecule has 0 radical (unpaired) electrons. The van der Waals surface area contributed by atoms with Crippen LogP contribution in [0.5, 0.6) is 5.75 Å². The highest BCUT2D eigenvalue weighted by molar-refractivity contribution is 5.97. The number of likely N-dealkylation sites (tertiary alicyclic amines) is 1. The molecule has 5 N–H and O–H groups in total. The van der Waals surface area contributed by atoms with Crippen LogP contribution in [0.25, 0.3) is 10.9 Å². The molecular weight excluding hydrogens is 384 g/mol. The number of hydrogen-bond donors (Lipinski definition) is 4. The van der Waals surface area contributed by atoms with E-state index in [9.17, 15) is 13.6 Å². The van der Waals surface area contributed by atoms with Crippen LogP contribution in [0.2, 0.25) is 0 Å². The van der Waals surface area contributed by atoms with Gasteiger partial charge in [-0.15, -0.1) is 0 Å². The second kappa shape index (κ2) is 8.97. The predicted octanol–water partition coefficient (Wildman–Crippen LogP) is 1.52. The number of carbonyl (C=O) groups excluding carboxylic acids is 1.